The number of carbonyl (C=O) groups excluding carboxylic acids is 1. The zero-order valence-corrected chi connectivity index (χ0v) is 8.47. The lowest BCUT2D eigenvalue weighted by molar-refractivity contribution is -0.107. The number of carbonyl (C=O) groups is 1. The van der Waals surface area contributed by atoms with E-state index in [9.17, 15) is 4.79 Å². The Bertz CT molecular complexity index is 508. The van der Waals surface area contributed by atoms with E-state index >= 15 is 0 Å². The Hall–Kier alpha value is -1.90. The zero-order chi connectivity index (χ0) is 10.8. The molecule has 1 aromatic carbocycles. The van der Waals surface area contributed by atoms with E-state index in [1.165, 1.54) is 4.90 Å². The Kier molecular flexibility index (Phi) is 2.37. The summed E-state index contributed by atoms with van der Waals surface area (Å²) in [4.78, 5) is 16.4. The van der Waals surface area contributed by atoms with E-state index in [-0.39, 0.29) is 0 Å². The van der Waals surface area contributed by atoms with Crippen LogP contribution in [0.5, 0.6) is 0 Å². The van der Waals surface area contributed by atoms with Crippen molar-refractivity contribution in [2.24, 2.45) is 0 Å². The second-order valence-corrected chi connectivity index (χ2v) is 3.44. The van der Waals surface area contributed by atoms with Crippen molar-refractivity contribution < 1.29 is 4.79 Å². The normalized spacial score (nSPS) is 10.3. The first-order valence-electron chi connectivity index (χ1n) is 4.60. The van der Waals surface area contributed by atoms with E-state index in [0.29, 0.717) is 0 Å². The van der Waals surface area contributed by atoms with Crippen molar-refractivity contribution in [3.05, 3.63) is 42.9 Å². The fourth-order valence-electron chi connectivity index (χ4n) is 1.44. The molecule has 0 saturated carbocycles. The topological polar surface area (TPSA) is 33.2 Å². The van der Waals surface area contributed by atoms with Gasteiger partial charge in [0.1, 0.15) is 0 Å². The number of amides is 1. The van der Waals surface area contributed by atoms with E-state index in [0.717, 1.165) is 28.6 Å². The molecule has 1 heterocycles. The van der Waals surface area contributed by atoms with Crippen LogP contribution in [-0.4, -0.2) is 18.4 Å². The second-order valence-electron chi connectivity index (χ2n) is 3.44. The minimum absolute atomic E-state index is 0.780. The minimum Gasteiger partial charge on any atom is -0.318 e. The van der Waals surface area contributed by atoms with Crippen LogP contribution >= 0.6 is 0 Å². The van der Waals surface area contributed by atoms with Crippen LogP contribution in [0, 0.1) is 6.92 Å². The van der Waals surface area contributed by atoms with Crippen LogP contribution in [0.15, 0.2) is 30.5 Å². The fourth-order valence-corrected chi connectivity index (χ4v) is 1.44. The predicted octanol–water partition coefficient (Wildman–Crippen LogP) is 2.01. The molecule has 75 valence electrons. The monoisotopic (exact) mass is 199 g/mol. The molecular formula is C12H11N2O. The van der Waals surface area contributed by atoms with Crippen molar-refractivity contribution in [3.8, 4) is 0 Å². The number of nitrogens with zero attached hydrogens (tertiary/aromatic N) is 2. The molecule has 0 aliphatic rings. The van der Waals surface area contributed by atoms with E-state index in [1.807, 2.05) is 24.3 Å². The summed E-state index contributed by atoms with van der Waals surface area (Å²) >= 11 is 0. The standard InChI is InChI=1S/C12H11N2O/c1-9-5-10-6-11(14(2)8-15)3-4-12(10)13-7-9/h3-8H,1H2,2H3. The van der Waals surface area contributed by atoms with Crippen LogP contribution in [0.1, 0.15) is 5.56 Å². The highest BCUT2D eigenvalue weighted by atomic mass is 16.1. The van der Waals surface area contributed by atoms with Gasteiger partial charge in [0.15, 0.2) is 0 Å². The molecule has 3 nitrogen and oxygen atoms in total. The van der Waals surface area contributed by atoms with Crippen molar-refractivity contribution in [1.82, 2.24) is 4.98 Å². The van der Waals surface area contributed by atoms with Gasteiger partial charge < -0.3 is 4.90 Å². The minimum atomic E-state index is 0.780. The summed E-state index contributed by atoms with van der Waals surface area (Å²) < 4.78 is 0. The van der Waals surface area contributed by atoms with Gasteiger partial charge in [-0.2, -0.15) is 0 Å². The molecule has 15 heavy (non-hydrogen) atoms. The molecule has 0 aliphatic carbocycles. The van der Waals surface area contributed by atoms with Gasteiger partial charge >= 0.3 is 0 Å². The van der Waals surface area contributed by atoms with Gasteiger partial charge in [-0.15, -0.1) is 0 Å². The summed E-state index contributed by atoms with van der Waals surface area (Å²) in [5.74, 6) is 0. The first-order valence-corrected chi connectivity index (χ1v) is 4.60. The maximum absolute atomic E-state index is 10.6. The van der Waals surface area contributed by atoms with Crippen LogP contribution in [0.2, 0.25) is 0 Å². The third-order valence-electron chi connectivity index (χ3n) is 2.29. The predicted molar refractivity (Wildman–Crippen MR) is 60.7 cm³/mol. The SMILES string of the molecule is [CH2]c1cnc2ccc(N(C)C=O)cc2c1. The van der Waals surface area contributed by atoms with E-state index in [4.69, 9.17) is 0 Å². The van der Waals surface area contributed by atoms with Crippen LogP contribution in [0.4, 0.5) is 5.69 Å². The summed E-state index contributed by atoms with van der Waals surface area (Å²) in [6.45, 7) is 3.82. The van der Waals surface area contributed by atoms with Gasteiger partial charge in [0.05, 0.1) is 5.52 Å². The number of hydrogen-bond donors (Lipinski definition) is 0. The molecule has 2 aromatic rings. The number of fused-ring (bicyclic) bond motifs is 1. The first-order chi connectivity index (χ1) is 7.20. The van der Waals surface area contributed by atoms with E-state index in [2.05, 4.69) is 11.9 Å². The molecule has 0 spiro atoms. The molecule has 3 heteroatoms. The van der Waals surface area contributed by atoms with Gasteiger partial charge in [0, 0.05) is 24.3 Å². The second kappa shape index (κ2) is 3.69. The maximum atomic E-state index is 10.6. The van der Waals surface area contributed by atoms with Crippen LogP contribution < -0.4 is 4.90 Å². The lowest BCUT2D eigenvalue weighted by Gasteiger charge is -2.11. The largest absolute Gasteiger partial charge is 0.318 e. The zero-order valence-electron chi connectivity index (χ0n) is 8.47. The van der Waals surface area contributed by atoms with Crippen molar-refractivity contribution >= 4 is 23.0 Å². The third-order valence-corrected chi connectivity index (χ3v) is 2.29. The van der Waals surface area contributed by atoms with Gasteiger partial charge in [0.2, 0.25) is 6.41 Å². The van der Waals surface area contributed by atoms with Gasteiger partial charge in [-0.3, -0.25) is 9.78 Å². The summed E-state index contributed by atoms with van der Waals surface area (Å²) in [5.41, 5.74) is 2.63. The maximum Gasteiger partial charge on any atom is 0.213 e. The van der Waals surface area contributed by atoms with Gasteiger partial charge in [-0.1, -0.05) is 0 Å². The smallest absolute Gasteiger partial charge is 0.213 e. The lowest BCUT2D eigenvalue weighted by Crippen LogP contribution is -2.13. The first kappa shape index (κ1) is 9.65. The molecule has 1 radical (unpaired) electrons. The molecule has 0 unspecified atom stereocenters. The van der Waals surface area contributed by atoms with Gasteiger partial charge in [-0.05, 0) is 36.8 Å². The Morgan fingerprint density at radius 2 is 2.20 bits per heavy atom. The van der Waals surface area contributed by atoms with Crippen LogP contribution in [0.25, 0.3) is 10.9 Å². The van der Waals surface area contributed by atoms with Crippen molar-refractivity contribution in [2.75, 3.05) is 11.9 Å². The number of hydrogen-bond acceptors (Lipinski definition) is 2. The summed E-state index contributed by atoms with van der Waals surface area (Å²) in [5, 5.41) is 0.994. The molecule has 2 rings (SSSR count). The summed E-state index contributed by atoms with van der Waals surface area (Å²) in [6, 6.07) is 7.63. The van der Waals surface area contributed by atoms with E-state index in [1.54, 1.807) is 13.2 Å². The van der Waals surface area contributed by atoms with Crippen molar-refractivity contribution in [1.29, 1.82) is 0 Å². The highest BCUT2D eigenvalue weighted by Gasteiger charge is 2.01. The molecule has 1 amide bonds. The van der Waals surface area contributed by atoms with Crippen molar-refractivity contribution in [3.63, 3.8) is 0 Å². The molecule has 0 fully saturated rings. The molecule has 0 N–H and O–H groups in total. The number of aromatic nitrogens is 1. The lowest BCUT2D eigenvalue weighted by atomic mass is 10.1. The van der Waals surface area contributed by atoms with Crippen LogP contribution in [0.3, 0.4) is 0 Å². The Balaban J connectivity index is 2.58. The highest BCUT2D eigenvalue weighted by molar-refractivity contribution is 5.86. The Morgan fingerprint density at radius 1 is 1.40 bits per heavy atom. The summed E-state index contributed by atoms with van der Waals surface area (Å²) in [6.07, 6.45) is 2.51. The number of benzene rings is 1. The Morgan fingerprint density at radius 3 is 2.93 bits per heavy atom. The molecular weight excluding hydrogens is 188 g/mol. The molecule has 0 aliphatic heterocycles. The average molecular weight is 199 g/mol. The van der Waals surface area contributed by atoms with Gasteiger partial charge in [-0.25, -0.2) is 0 Å². The number of rotatable bonds is 2. The van der Waals surface area contributed by atoms with Gasteiger partial charge in [0.25, 0.3) is 0 Å². The highest BCUT2D eigenvalue weighted by Crippen LogP contribution is 2.19. The van der Waals surface area contributed by atoms with E-state index < -0.39 is 0 Å². The molecule has 0 atom stereocenters. The average Bonchev–Trinajstić information content (AvgIpc) is 2.27. The molecule has 1 aromatic heterocycles. The molecule has 0 saturated heterocycles. The van der Waals surface area contributed by atoms with Crippen LogP contribution in [-0.2, 0) is 4.79 Å². The number of anilines is 1. The molecule has 0 bridgehead atoms. The fraction of sp³-hybridized carbons (Fsp3) is 0.0833. The quantitative estimate of drug-likeness (QED) is 0.693. The van der Waals surface area contributed by atoms with Crippen molar-refractivity contribution in [2.45, 2.75) is 0 Å². The Labute approximate surface area is 88.3 Å². The number of pyridine rings is 1. The third kappa shape index (κ3) is 1.81. The summed E-state index contributed by atoms with van der Waals surface area (Å²) in [7, 11) is 1.72.